The van der Waals surface area contributed by atoms with Gasteiger partial charge in [0.05, 0.1) is 22.4 Å². The average molecular weight is 282 g/mol. The van der Waals surface area contributed by atoms with Crippen molar-refractivity contribution in [2.75, 3.05) is 5.32 Å². The van der Waals surface area contributed by atoms with Crippen LogP contribution in [0.1, 0.15) is 32.6 Å². The van der Waals surface area contributed by atoms with E-state index < -0.39 is 0 Å². The summed E-state index contributed by atoms with van der Waals surface area (Å²) in [5.41, 5.74) is 2.80. The molecule has 0 saturated heterocycles. The quantitative estimate of drug-likeness (QED) is 0.890. The van der Waals surface area contributed by atoms with Crippen LogP contribution in [0, 0.1) is 5.92 Å². The maximum Gasteiger partial charge on any atom is 0.129 e. The highest BCUT2D eigenvalue weighted by molar-refractivity contribution is 7.00. The minimum Gasteiger partial charge on any atom is -0.379 e. The number of hydrogen-bond acceptors (Lipinski definition) is 4. The molecule has 1 aromatic heterocycles. The summed E-state index contributed by atoms with van der Waals surface area (Å²) in [6.07, 6.45) is 5.01. The Balaban J connectivity index is 1.85. The highest BCUT2D eigenvalue weighted by Gasteiger charge is 2.20. The second-order valence-electron chi connectivity index (χ2n) is 5.16. The fourth-order valence-electron chi connectivity index (χ4n) is 2.57. The van der Waals surface area contributed by atoms with Gasteiger partial charge in [-0.1, -0.05) is 18.5 Å². The van der Waals surface area contributed by atoms with Gasteiger partial charge in [-0.05, 0) is 43.7 Å². The highest BCUT2D eigenvalue weighted by Crippen LogP contribution is 2.33. The predicted molar refractivity (Wildman–Crippen MR) is 77.5 cm³/mol. The monoisotopic (exact) mass is 281 g/mol. The van der Waals surface area contributed by atoms with Crippen LogP contribution in [0.3, 0.4) is 0 Å². The van der Waals surface area contributed by atoms with Crippen molar-refractivity contribution in [1.29, 1.82) is 0 Å². The van der Waals surface area contributed by atoms with E-state index in [0.717, 1.165) is 27.7 Å². The van der Waals surface area contributed by atoms with Crippen LogP contribution in [0.2, 0.25) is 5.02 Å². The molecule has 0 amide bonds. The first-order chi connectivity index (χ1) is 8.74. The molecule has 0 spiro atoms. The van der Waals surface area contributed by atoms with Crippen molar-refractivity contribution < 1.29 is 0 Å². The molecule has 1 aromatic carbocycles. The third-order valence-corrected chi connectivity index (χ3v) is 4.60. The van der Waals surface area contributed by atoms with Crippen LogP contribution in [0.15, 0.2) is 12.1 Å². The maximum absolute atomic E-state index is 6.28. The lowest BCUT2D eigenvalue weighted by Gasteiger charge is -2.28. The van der Waals surface area contributed by atoms with Crippen LogP contribution >= 0.6 is 23.3 Å². The molecule has 2 aromatic rings. The van der Waals surface area contributed by atoms with Gasteiger partial charge in [-0.2, -0.15) is 8.75 Å². The summed E-state index contributed by atoms with van der Waals surface area (Å²) in [7, 11) is 0. The Morgan fingerprint density at radius 1 is 1.22 bits per heavy atom. The summed E-state index contributed by atoms with van der Waals surface area (Å²) in [4.78, 5) is 0. The molecular formula is C13H16ClN3S. The summed E-state index contributed by atoms with van der Waals surface area (Å²) in [5, 5.41) is 4.32. The van der Waals surface area contributed by atoms with Gasteiger partial charge < -0.3 is 5.32 Å². The molecule has 3 rings (SSSR count). The number of benzene rings is 1. The highest BCUT2D eigenvalue weighted by atomic mass is 35.5. The molecule has 18 heavy (non-hydrogen) atoms. The number of nitrogens with zero attached hydrogens (tertiary/aromatic N) is 2. The Bertz CT molecular complexity index is 546. The van der Waals surface area contributed by atoms with Crippen molar-refractivity contribution in [2.45, 2.75) is 38.6 Å². The molecule has 0 aliphatic heterocycles. The van der Waals surface area contributed by atoms with E-state index in [-0.39, 0.29) is 0 Å². The van der Waals surface area contributed by atoms with E-state index in [2.05, 4.69) is 21.0 Å². The first kappa shape index (κ1) is 12.2. The van der Waals surface area contributed by atoms with E-state index in [0.29, 0.717) is 6.04 Å². The molecule has 0 atom stereocenters. The maximum atomic E-state index is 6.28. The zero-order valence-corrected chi connectivity index (χ0v) is 11.9. The summed E-state index contributed by atoms with van der Waals surface area (Å²) < 4.78 is 8.60. The smallest absolute Gasteiger partial charge is 0.129 e. The number of nitrogens with one attached hydrogen (secondary N) is 1. The van der Waals surface area contributed by atoms with Gasteiger partial charge in [0.2, 0.25) is 0 Å². The van der Waals surface area contributed by atoms with E-state index in [1.54, 1.807) is 0 Å². The molecule has 1 fully saturated rings. The number of anilines is 1. The number of halogens is 1. The summed E-state index contributed by atoms with van der Waals surface area (Å²) >= 11 is 7.52. The van der Waals surface area contributed by atoms with E-state index in [1.165, 1.54) is 37.4 Å². The number of fused-ring (bicyclic) bond motifs is 1. The second kappa shape index (κ2) is 5.02. The summed E-state index contributed by atoms with van der Waals surface area (Å²) in [6, 6.07) is 4.35. The average Bonchev–Trinajstić information content (AvgIpc) is 2.84. The van der Waals surface area contributed by atoms with Gasteiger partial charge in [-0.3, -0.25) is 0 Å². The molecule has 5 heteroatoms. The van der Waals surface area contributed by atoms with Gasteiger partial charge in [0.1, 0.15) is 11.0 Å². The first-order valence-electron chi connectivity index (χ1n) is 6.41. The lowest BCUT2D eigenvalue weighted by Crippen LogP contribution is -2.25. The predicted octanol–water partition coefficient (Wildman–Crippen LogP) is 4.34. The van der Waals surface area contributed by atoms with Crippen LogP contribution in [-0.4, -0.2) is 14.8 Å². The van der Waals surface area contributed by atoms with Gasteiger partial charge in [-0.25, -0.2) is 0 Å². The van der Waals surface area contributed by atoms with Gasteiger partial charge in [-0.15, -0.1) is 0 Å². The van der Waals surface area contributed by atoms with Crippen LogP contribution in [-0.2, 0) is 0 Å². The molecular weight excluding hydrogens is 266 g/mol. The molecule has 1 heterocycles. The number of aromatic nitrogens is 2. The van der Waals surface area contributed by atoms with Crippen molar-refractivity contribution in [3.8, 4) is 0 Å². The van der Waals surface area contributed by atoms with Crippen molar-refractivity contribution in [3.63, 3.8) is 0 Å². The minimum absolute atomic E-state index is 0.519. The lowest BCUT2D eigenvalue weighted by atomic mass is 9.87. The molecule has 96 valence electrons. The van der Waals surface area contributed by atoms with E-state index in [1.807, 2.05) is 12.1 Å². The molecule has 1 aliphatic rings. The Morgan fingerprint density at radius 2 is 2.00 bits per heavy atom. The Hall–Kier alpha value is -0.870. The number of rotatable bonds is 2. The molecule has 0 unspecified atom stereocenters. The molecule has 0 bridgehead atoms. The van der Waals surface area contributed by atoms with Gasteiger partial charge >= 0.3 is 0 Å². The largest absolute Gasteiger partial charge is 0.379 e. The van der Waals surface area contributed by atoms with E-state index >= 15 is 0 Å². The van der Waals surface area contributed by atoms with E-state index in [9.17, 15) is 0 Å². The second-order valence-corrected chi connectivity index (χ2v) is 6.09. The van der Waals surface area contributed by atoms with Crippen molar-refractivity contribution in [2.24, 2.45) is 5.92 Å². The third-order valence-electron chi connectivity index (χ3n) is 3.74. The van der Waals surface area contributed by atoms with Gasteiger partial charge in [0, 0.05) is 6.04 Å². The van der Waals surface area contributed by atoms with Crippen LogP contribution in [0.5, 0.6) is 0 Å². The molecule has 1 saturated carbocycles. The molecule has 3 nitrogen and oxygen atoms in total. The SMILES string of the molecule is CC1CCC(Nc2c(Cl)ccc3nsnc23)CC1. The van der Waals surface area contributed by atoms with Gasteiger partial charge in [0.25, 0.3) is 0 Å². The topological polar surface area (TPSA) is 37.8 Å². The van der Waals surface area contributed by atoms with E-state index in [4.69, 9.17) is 11.6 Å². The first-order valence-corrected chi connectivity index (χ1v) is 7.52. The van der Waals surface area contributed by atoms with Crippen molar-refractivity contribution in [1.82, 2.24) is 8.75 Å². The zero-order chi connectivity index (χ0) is 12.5. The fraction of sp³-hybridized carbons (Fsp3) is 0.538. The van der Waals surface area contributed by atoms with Crippen LogP contribution in [0.25, 0.3) is 11.0 Å². The van der Waals surface area contributed by atoms with Crippen LogP contribution < -0.4 is 5.32 Å². The molecule has 1 N–H and O–H groups in total. The third kappa shape index (κ3) is 2.31. The van der Waals surface area contributed by atoms with Crippen molar-refractivity contribution in [3.05, 3.63) is 17.2 Å². The fourth-order valence-corrected chi connectivity index (χ4v) is 3.32. The molecule has 0 radical (unpaired) electrons. The minimum atomic E-state index is 0.519. The lowest BCUT2D eigenvalue weighted by molar-refractivity contribution is 0.361. The van der Waals surface area contributed by atoms with Crippen molar-refractivity contribution >= 4 is 40.0 Å². The molecule has 1 aliphatic carbocycles. The zero-order valence-electron chi connectivity index (χ0n) is 10.3. The summed E-state index contributed by atoms with van der Waals surface area (Å²) in [5.74, 6) is 0.857. The normalized spacial score (nSPS) is 24.3. The van der Waals surface area contributed by atoms with Gasteiger partial charge in [0.15, 0.2) is 0 Å². The Kier molecular flexibility index (Phi) is 3.39. The summed E-state index contributed by atoms with van der Waals surface area (Å²) in [6.45, 7) is 2.33. The standard InChI is InChI=1S/C13H16ClN3S/c1-8-2-4-9(5-3-8)15-12-10(14)6-7-11-13(12)17-18-16-11/h6-9,15H,2-5H2,1H3. The Morgan fingerprint density at radius 3 is 2.78 bits per heavy atom. The van der Waals surface area contributed by atoms with Crippen LogP contribution in [0.4, 0.5) is 5.69 Å². The Labute approximate surface area is 116 Å². The number of hydrogen-bond donors (Lipinski definition) is 1.